The first kappa shape index (κ1) is 17.1. The van der Waals surface area contributed by atoms with Gasteiger partial charge >= 0.3 is 0 Å². The standard InChI is InChI=1S/C19H19BrN2OS/c1-14(11-23-12-15-5-3-2-4-6-15)21-19-22-18(13-24-19)16-7-9-17(20)10-8-16/h2-10,13-14H,11-12H2,1H3,(H,21,22)/t14-/m1/s1. The molecule has 0 bridgehead atoms. The number of thiazole rings is 1. The summed E-state index contributed by atoms with van der Waals surface area (Å²) in [5, 5.41) is 6.40. The van der Waals surface area contributed by atoms with Crippen LogP contribution in [0.4, 0.5) is 5.13 Å². The largest absolute Gasteiger partial charge is 0.375 e. The van der Waals surface area contributed by atoms with Crippen LogP contribution < -0.4 is 5.32 Å². The minimum Gasteiger partial charge on any atom is -0.375 e. The topological polar surface area (TPSA) is 34.1 Å². The molecule has 24 heavy (non-hydrogen) atoms. The average molecular weight is 403 g/mol. The van der Waals surface area contributed by atoms with Crippen molar-refractivity contribution in [1.82, 2.24) is 4.98 Å². The summed E-state index contributed by atoms with van der Waals surface area (Å²) in [6, 6.07) is 18.6. The number of nitrogens with one attached hydrogen (secondary N) is 1. The number of nitrogens with zero attached hydrogens (tertiary/aromatic N) is 1. The summed E-state index contributed by atoms with van der Waals surface area (Å²) in [5.41, 5.74) is 3.30. The van der Waals surface area contributed by atoms with Crippen molar-refractivity contribution in [2.75, 3.05) is 11.9 Å². The van der Waals surface area contributed by atoms with Crippen molar-refractivity contribution in [2.45, 2.75) is 19.6 Å². The Labute approximate surface area is 154 Å². The first-order valence-electron chi connectivity index (χ1n) is 7.80. The summed E-state index contributed by atoms with van der Waals surface area (Å²) in [6.07, 6.45) is 0. The molecule has 3 aromatic rings. The molecule has 0 saturated carbocycles. The smallest absolute Gasteiger partial charge is 0.183 e. The Morgan fingerprint density at radius 2 is 1.88 bits per heavy atom. The highest BCUT2D eigenvalue weighted by atomic mass is 79.9. The minimum atomic E-state index is 0.206. The predicted molar refractivity (Wildman–Crippen MR) is 104 cm³/mol. The summed E-state index contributed by atoms with van der Waals surface area (Å²) in [4.78, 5) is 4.65. The van der Waals surface area contributed by atoms with Crippen LogP contribution >= 0.6 is 27.3 Å². The molecule has 3 nitrogen and oxygen atoms in total. The van der Waals surface area contributed by atoms with E-state index in [0.717, 1.165) is 20.9 Å². The number of anilines is 1. The lowest BCUT2D eigenvalue weighted by atomic mass is 10.2. The van der Waals surface area contributed by atoms with Crippen molar-refractivity contribution < 1.29 is 4.74 Å². The summed E-state index contributed by atoms with van der Waals surface area (Å²) in [6.45, 7) is 3.38. The first-order valence-corrected chi connectivity index (χ1v) is 9.47. The van der Waals surface area contributed by atoms with E-state index in [0.29, 0.717) is 13.2 Å². The van der Waals surface area contributed by atoms with E-state index in [2.05, 4.69) is 62.8 Å². The Hall–Kier alpha value is -1.69. The summed E-state index contributed by atoms with van der Waals surface area (Å²) in [5.74, 6) is 0. The van der Waals surface area contributed by atoms with Gasteiger partial charge in [-0.25, -0.2) is 4.98 Å². The highest BCUT2D eigenvalue weighted by Gasteiger charge is 2.08. The number of aromatic nitrogens is 1. The molecule has 1 atom stereocenters. The molecule has 0 unspecified atom stereocenters. The maximum absolute atomic E-state index is 5.77. The van der Waals surface area contributed by atoms with Gasteiger partial charge in [0.2, 0.25) is 0 Å². The Balaban J connectivity index is 1.50. The molecule has 0 aliphatic carbocycles. The van der Waals surface area contributed by atoms with Crippen LogP contribution in [0.1, 0.15) is 12.5 Å². The van der Waals surface area contributed by atoms with E-state index in [9.17, 15) is 0 Å². The van der Waals surface area contributed by atoms with Gasteiger partial charge in [-0.1, -0.05) is 58.4 Å². The maximum Gasteiger partial charge on any atom is 0.183 e. The van der Waals surface area contributed by atoms with Crippen LogP contribution in [0.25, 0.3) is 11.3 Å². The molecule has 1 aromatic heterocycles. The maximum atomic E-state index is 5.77. The Kier molecular flexibility index (Phi) is 6.01. The quantitative estimate of drug-likeness (QED) is 0.559. The van der Waals surface area contributed by atoms with Gasteiger partial charge in [0.15, 0.2) is 5.13 Å². The van der Waals surface area contributed by atoms with E-state index in [1.54, 1.807) is 11.3 Å². The van der Waals surface area contributed by atoms with E-state index in [1.165, 1.54) is 5.56 Å². The second-order valence-corrected chi connectivity index (χ2v) is 7.36. The van der Waals surface area contributed by atoms with E-state index in [4.69, 9.17) is 4.74 Å². The zero-order valence-electron chi connectivity index (χ0n) is 13.4. The number of halogens is 1. The fourth-order valence-corrected chi connectivity index (χ4v) is 3.37. The molecule has 5 heteroatoms. The van der Waals surface area contributed by atoms with Gasteiger partial charge < -0.3 is 10.1 Å². The molecular formula is C19H19BrN2OS. The SMILES string of the molecule is C[C@H](COCc1ccccc1)Nc1nc(-c2ccc(Br)cc2)cs1. The van der Waals surface area contributed by atoms with Gasteiger partial charge in [0, 0.05) is 21.5 Å². The zero-order valence-corrected chi connectivity index (χ0v) is 15.8. The van der Waals surface area contributed by atoms with E-state index >= 15 is 0 Å². The van der Waals surface area contributed by atoms with Crippen LogP contribution in [-0.4, -0.2) is 17.6 Å². The molecule has 0 amide bonds. The van der Waals surface area contributed by atoms with Crippen LogP contribution in [0.5, 0.6) is 0 Å². The fraction of sp³-hybridized carbons (Fsp3) is 0.211. The number of hydrogen-bond donors (Lipinski definition) is 1. The van der Waals surface area contributed by atoms with Gasteiger partial charge in [-0.3, -0.25) is 0 Å². The van der Waals surface area contributed by atoms with Gasteiger partial charge in [-0.2, -0.15) is 0 Å². The van der Waals surface area contributed by atoms with E-state index in [-0.39, 0.29) is 6.04 Å². The van der Waals surface area contributed by atoms with E-state index < -0.39 is 0 Å². The number of rotatable bonds is 7. The number of hydrogen-bond acceptors (Lipinski definition) is 4. The van der Waals surface area contributed by atoms with E-state index in [1.807, 2.05) is 30.3 Å². The lowest BCUT2D eigenvalue weighted by molar-refractivity contribution is 0.115. The molecule has 0 fully saturated rings. The van der Waals surface area contributed by atoms with Gasteiger partial charge in [0.1, 0.15) is 0 Å². The average Bonchev–Trinajstić information content (AvgIpc) is 3.05. The van der Waals surface area contributed by atoms with Gasteiger partial charge in [-0.05, 0) is 24.6 Å². The normalized spacial score (nSPS) is 12.1. The highest BCUT2D eigenvalue weighted by molar-refractivity contribution is 9.10. The molecular weight excluding hydrogens is 384 g/mol. The minimum absolute atomic E-state index is 0.206. The third-order valence-corrected chi connectivity index (χ3v) is 4.80. The molecule has 3 rings (SSSR count). The second-order valence-electron chi connectivity index (χ2n) is 5.59. The van der Waals surface area contributed by atoms with Crippen LogP contribution in [-0.2, 0) is 11.3 Å². The third kappa shape index (κ3) is 4.90. The van der Waals surface area contributed by atoms with Crippen LogP contribution in [0.2, 0.25) is 0 Å². The van der Waals surface area contributed by atoms with Crippen molar-refractivity contribution in [3.63, 3.8) is 0 Å². The van der Waals surface area contributed by atoms with Crippen molar-refractivity contribution >= 4 is 32.4 Å². The fourth-order valence-electron chi connectivity index (χ4n) is 2.27. The molecule has 1 N–H and O–H groups in total. The Morgan fingerprint density at radius 1 is 1.12 bits per heavy atom. The second kappa shape index (κ2) is 8.42. The number of ether oxygens (including phenoxy) is 1. The summed E-state index contributed by atoms with van der Waals surface area (Å²) >= 11 is 5.07. The molecule has 1 heterocycles. The predicted octanol–water partition coefficient (Wildman–Crippen LogP) is 5.59. The third-order valence-electron chi connectivity index (χ3n) is 3.49. The molecule has 0 spiro atoms. The first-order chi connectivity index (χ1) is 11.7. The zero-order chi connectivity index (χ0) is 16.8. The van der Waals surface area contributed by atoms with Gasteiger partial charge in [0.25, 0.3) is 0 Å². The van der Waals surface area contributed by atoms with Crippen LogP contribution in [0, 0.1) is 0 Å². The van der Waals surface area contributed by atoms with Crippen molar-refractivity contribution in [1.29, 1.82) is 0 Å². The molecule has 0 radical (unpaired) electrons. The van der Waals surface area contributed by atoms with Gasteiger partial charge in [-0.15, -0.1) is 11.3 Å². The highest BCUT2D eigenvalue weighted by Crippen LogP contribution is 2.26. The van der Waals surface area contributed by atoms with Gasteiger partial charge in [0.05, 0.1) is 18.9 Å². The van der Waals surface area contributed by atoms with Crippen molar-refractivity contribution in [3.8, 4) is 11.3 Å². The van der Waals surface area contributed by atoms with Crippen LogP contribution in [0.15, 0.2) is 64.5 Å². The monoisotopic (exact) mass is 402 g/mol. The summed E-state index contributed by atoms with van der Waals surface area (Å²) in [7, 11) is 0. The van der Waals surface area contributed by atoms with Crippen LogP contribution in [0.3, 0.4) is 0 Å². The Bertz CT molecular complexity index is 759. The molecule has 0 aliphatic rings. The Morgan fingerprint density at radius 3 is 2.62 bits per heavy atom. The molecule has 0 saturated heterocycles. The lowest BCUT2D eigenvalue weighted by Gasteiger charge is -2.13. The lowest BCUT2D eigenvalue weighted by Crippen LogP contribution is -2.21. The molecule has 2 aromatic carbocycles. The van der Waals surface area contributed by atoms with Crippen molar-refractivity contribution in [2.24, 2.45) is 0 Å². The molecule has 124 valence electrons. The van der Waals surface area contributed by atoms with Crippen molar-refractivity contribution in [3.05, 3.63) is 70.0 Å². The number of benzene rings is 2. The summed E-state index contributed by atoms with van der Waals surface area (Å²) < 4.78 is 6.84. The molecule has 0 aliphatic heterocycles.